The third kappa shape index (κ3) is 4.34. The average Bonchev–Trinajstić information content (AvgIpc) is 2.66. The van der Waals surface area contributed by atoms with Crippen molar-refractivity contribution in [1.82, 2.24) is 5.43 Å². The minimum Gasteiger partial charge on any atom is -0.496 e. The first kappa shape index (κ1) is 18.6. The number of benzene rings is 3. The largest absolute Gasteiger partial charge is 0.496 e. The molecular formula is C23H24N2O2. The Labute approximate surface area is 159 Å². The molecule has 0 aliphatic carbocycles. The summed E-state index contributed by atoms with van der Waals surface area (Å²) in [6.45, 7) is 6.52. The van der Waals surface area contributed by atoms with Crippen molar-refractivity contribution in [1.29, 1.82) is 0 Å². The lowest BCUT2D eigenvalue weighted by Gasteiger charge is -2.18. The van der Waals surface area contributed by atoms with Gasteiger partial charge in [0.25, 0.3) is 5.91 Å². The minimum atomic E-state index is -0.305. The summed E-state index contributed by atoms with van der Waals surface area (Å²) in [7, 11) is 1.56. The van der Waals surface area contributed by atoms with Gasteiger partial charge in [-0.1, -0.05) is 69.3 Å². The fraction of sp³-hybridized carbons (Fsp3) is 0.217. The van der Waals surface area contributed by atoms with Gasteiger partial charge in [-0.05, 0) is 39.4 Å². The Hall–Kier alpha value is -3.14. The van der Waals surface area contributed by atoms with Crippen LogP contribution in [0.5, 0.6) is 5.75 Å². The highest BCUT2D eigenvalue weighted by atomic mass is 16.5. The van der Waals surface area contributed by atoms with E-state index in [-0.39, 0.29) is 11.3 Å². The Bertz CT molecular complexity index is 983. The summed E-state index contributed by atoms with van der Waals surface area (Å²) in [5.41, 5.74) is 5.32. The van der Waals surface area contributed by atoms with Crippen LogP contribution in [0.2, 0.25) is 0 Å². The van der Waals surface area contributed by atoms with Crippen LogP contribution in [0.3, 0.4) is 0 Å². The zero-order valence-corrected chi connectivity index (χ0v) is 16.1. The predicted octanol–water partition coefficient (Wildman–Crippen LogP) is 4.91. The Balaban J connectivity index is 1.75. The van der Waals surface area contributed by atoms with E-state index in [0.29, 0.717) is 11.3 Å². The molecule has 0 aliphatic heterocycles. The molecule has 4 heteroatoms. The predicted molar refractivity (Wildman–Crippen MR) is 111 cm³/mol. The van der Waals surface area contributed by atoms with E-state index in [4.69, 9.17) is 4.74 Å². The maximum Gasteiger partial charge on any atom is 0.275 e. The van der Waals surface area contributed by atoms with Crippen LogP contribution >= 0.6 is 0 Å². The second-order valence-electron chi connectivity index (χ2n) is 7.47. The van der Waals surface area contributed by atoms with Gasteiger partial charge in [-0.25, -0.2) is 5.43 Å². The van der Waals surface area contributed by atoms with Gasteiger partial charge in [0.15, 0.2) is 0 Å². The van der Waals surface area contributed by atoms with Crippen molar-refractivity contribution in [3.8, 4) is 5.75 Å². The molecule has 0 unspecified atom stereocenters. The standard InChI is InChI=1S/C23H24N2O2/c1-23(2,3)19-11-9-16(10-12-19)15-24-25-22(26)20-13-17-7-5-6-8-18(17)14-21(20)27-4/h5-15H,1-4H3,(H,25,26)/b24-15+. The molecule has 0 fully saturated rings. The SMILES string of the molecule is COc1cc2ccccc2cc1C(=O)N/N=C/c1ccc(C(C)(C)C)cc1. The summed E-state index contributed by atoms with van der Waals surface area (Å²) in [6, 6.07) is 19.7. The third-order valence-electron chi connectivity index (χ3n) is 4.47. The Morgan fingerprint density at radius 1 is 1.00 bits per heavy atom. The Morgan fingerprint density at radius 2 is 1.63 bits per heavy atom. The number of rotatable bonds is 4. The summed E-state index contributed by atoms with van der Waals surface area (Å²) in [4.78, 5) is 12.5. The second kappa shape index (κ2) is 7.62. The molecular weight excluding hydrogens is 336 g/mol. The zero-order chi connectivity index (χ0) is 19.4. The molecule has 1 N–H and O–H groups in total. The van der Waals surface area contributed by atoms with Crippen LogP contribution in [-0.2, 0) is 5.41 Å². The molecule has 4 nitrogen and oxygen atoms in total. The first-order valence-corrected chi connectivity index (χ1v) is 8.89. The number of ether oxygens (including phenoxy) is 1. The number of amides is 1. The van der Waals surface area contributed by atoms with Gasteiger partial charge in [-0.15, -0.1) is 0 Å². The van der Waals surface area contributed by atoms with E-state index in [2.05, 4.69) is 43.4 Å². The van der Waals surface area contributed by atoms with Crippen LogP contribution in [0.25, 0.3) is 10.8 Å². The molecule has 3 rings (SSSR count). The third-order valence-corrected chi connectivity index (χ3v) is 4.47. The van der Waals surface area contributed by atoms with E-state index in [1.165, 1.54) is 5.56 Å². The second-order valence-corrected chi connectivity index (χ2v) is 7.47. The fourth-order valence-electron chi connectivity index (χ4n) is 2.86. The molecule has 0 saturated heterocycles. The number of carbonyl (C=O) groups excluding carboxylic acids is 1. The molecule has 0 bridgehead atoms. The van der Waals surface area contributed by atoms with Gasteiger partial charge >= 0.3 is 0 Å². The number of hydrogen-bond donors (Lipinski definition) is 1. The molecule has 0 atom stereocenters. The number of hydrogen-bond acceptors (Lipinski definition) is 3. The normalized spacial score (nSPS) is 11.7. The lowest BCUT2D eigenvalue weighted by molar-refractivity contribution is 0.0952. The average molecular weight is 360 g/mol. The molecule has 0 saturated carbocycles. The monoisotopic (exact) mass is 360 g/mol. The summed E-state index contributed by atoms with van der Waals surface area (Å²) >= 11 is 0. The van der Waals surface area contributed by atoms with Crippen LogP contribution in [0, 0.1) is 0 Å². The molecule has 27 heavy (non-hydrogen) atoms. The maximum absolute atomic E-state index is 12.5. The Morgan fingerprint density at radius 3 is 2.22 bits per heavy atom. The lowest BCUT2D eigenvalue weighted by Crippen LogP contribution is -2.18. The first-order chi connectivity index (χ1) is 12.9. The van der Waals surface area contributed by atoms with Crippen molar-refractivity contribution in [3.05, 3.63) is 77.4 Å². The summed E-state index contributed by atoms with van der Waals surface area (Å²) in [5, 5.41) is 6.08. The maximum atomic E-state index is 12.5. The smallest absolute Gasteiger partial charge is 0.275 e. The number of fused-ring (bicyclic) bond motifs is 1. The van der Waals surface area contributed by atoms with Crippen LogP contribution in [-0.4, -0.2) is 19.2 Å². The van der Waals surface area contributed by atoms with Gasteiger partial charge < -0.3 is 4.74 Å². The number of hydrazone groups is 1. The summed E-state index contributed by atoms with van der Waals surface area (Å²) < 4.78 is 5.37. The minimum absolute atomic E-state index is 0.108. The molecule has 0 radical (unpaired) electrons. The Kier molecular flexibility index (Phi) is 5.26. The van der Waals surface area contributed by atoms with Crippen molar-refractivity contribution in [2.45, 2.75) is 26.2 Å². The van der Waals surface area contributed by atoms with E-state index in [1.54, 1.807) is 13.3 Å². The lowest BCUT2D eigenvalue weighted by atomic mass is 9.87. The highest BCUT2D eigenvalue weighted by Crippen LogP contribution is 2.26. The van der Waals surface area contributed by atoms with Gasteiger partial charge in [0.2, 0.25) is 0 Å². The number of methoxy groups -OCH3 is 1. The van der Waals surface area contributed by atoms with Gasteiger partial charge in [0.05, 0.1) is 18.9 Å². The van der Waals surface area contributed by atoms with Crippen molar-refractivity contribution >= 4 is 22.9 Å². The van der Waals surface area contributed by atoms with Crippen molar-refractivity contribution in [2.75, 3.05) is 7.11 Å². The van der Waals surface area contributed by atoms with Gasteiger partial charge in [-0.3, -0.25) is 4.79 Å². The van der Waals surface area contributed by atoms with Crippen LogP contribution in [0.4, 0.5) is 0 Å². The van der Waals surface area contributed by atoms with E-state index < -0.39 is 0 Å². The van der Waals surface area contributed by atoms with Crippen LogP contribution < -0.4 is 10.2 Å². The van der Waals surface area contributed by atoms with E-state index in [0.717, 1.165) is 16.3 Å². The van der Waals surface area contributed by atoms with Crippen molar-refractivity contribution in [2.24, 2.45) is 5.10 Å². The molecule has 138 valence electrons. The topological polar surface area (TPSA) is 50.7 Å². The van der Waals surface area contributed by atoms with E-state index in [9.17, 15) is 4.79 Å². The molecule has 0 aliphatic rings. The number of carbonyl (C=O) groups is 1. The molecule has 1 amide bonds. The van der Waals surface area contributed by atoms with E-state index in [1.807, 2.05) is 48.5 Å². The van der Waals surface area contributed by atoms with Crippen molar-refractivity contribution in [3.63, 3.8) is 0 Å². The summed E-state index contributed by atoms with van der Waals surface area (Å²) in [6.07, 6.45) is 1.64. The van der Waals surface area contributed by atoms with Gasteiger partial charge in [0, 0.05) is 0 Å². The molecule has 3 aromatic carbocycles. The first-order valence-electron chi connectivity index (χ1n) is 8.89. The van der Waals surface area contributed by atoms with Crippen molar-refractivity contribution < 1.29 is 9.53 Å². The highest BCUT2D eigenvalue weighted by molar-refractivity contribution is 6.01. The number of nitrogens with zero attached hydrogens (tertiary/aromatic N) is 1. The van der Waals surface area contributed by atoms with E-state index >= 15 is 0 Å². The zero-order valence-electron chi connectivity index (χ0n) is 16.1. The quantitative estimate of drug-likeness (QED) is 0.531. The van der Waals surface area contributed by atoms with Gasteiger partial charge in [0.1, 0.15) is 5.75 Å². The molecule has 0 aromatic heterocycles. The van der Waals surface area contributed by atoms with Gasteiger partial charge in [-0.2, -0.15) is 5.10 Å². The summed E-state index contributed by atoms with van der Waals surface area (Å²) in [5.74, 6) is 0.219. The number of nitrogens with one attached hydrogen (secondary N) is 1. The molecule has 0 spiro atoms. The van der Waals surface area contributed by atoms with Crippen LogP contribution in [0.1, 0.15) is 42.3 Å². The molecule has 3 aromatic rings. The fourth-order valence-corrected chi connectivity index (χ4v) is 2.86. The molecule has 0 heterocycles. The highest BCUT2D eigenvalue weighted by Gasteiger charge is 2.14. The van der Waals surface area contributed by atoms with Crippen LogP contribution in [0.15, 0.2) is 65.8 Å².